The Morgan fingerprint density at radius 2 is 1.71 bits per heavy atom. The summed E-state index contributed by atoms with van der Waals surface area (Å²) in [6.07, 6.45) is 0.442. The van der Waals surface area contributed by atoms with Crippen LogP contribution in [0.5, 0.6) is 11.5 Å². The number of hydrogen-bond donors (Lipinski definition) is 1. The zero-order chi connectivity index (χ0) is 17.5. The van der Waals surface area contributed by atoms with E-state index in [4.69, 9.17) is 9.47 Å². The Bertz CT molecular complexity index is 665. The van der Waals surface area contributed by atoms with Crippen molar-refractivity contribution in [2.45, 2.75) is 39.3 Å². The first kappa shape index (κ1) is 17.9. The normalized spacial score (nSPS) is 11.9. The zero-order valence-corrected chi connectivity index (χ0v) is 14.7. The number of rotatable bonds is 7. The third kappa shape index (κ3) is 5.01. The number of hydrogen-bond acceptors (Lipinski definition) is 3. The Balaban J connectivity index is 1.96. The van der Waals surface area contributed by atoms with Crippen molar-refractivity contribution in [1.29, 1.82) is 0 Å². The number of carbonyl (C=O) groups excluding carboxylic acids is 1. The molecule has 0 bridgehead atoms. The van der Waals surface area contributed by atoms with Crippen LogP contribution in [0.2, 0.25) is 0 Å². The molecule has 0 aliphatic carbocycles. The largest absolute Gasteiger partial charge is 0.496 e. The van der Waals surface area contributed by atoms with E-state index in [2.05, 4.69) is 5.32 Å². The highest BCUT2D eigenvalue weighted by Gasteiger charge is 2.12. The van der Waals surface area contributed by atoms with Gasteiger partial charge < -0.3 is 14.8 Å². The fourth-order valence-corrected chi connectivity index (χ4v) is 2.51. The van der Waals surface area contributed by atoms with Crippen LogP contribution in [-0.4, -0.2) is 19.1 Å². The predicted molar refractivity (Wildman–Crippen MR) is 95.5 cm³/mol. The number of amides is 1. The summed E-state index contributed by atoms with van der Waals surface area (Å²) in [6, 6.07) is 15.3. The molecule has 2 aromatic carbocycles. The molecule has 0 aliphatic heterocycles. The van der Waals surface area contributed by atoms with Crippen LogP contribution < -0.4 is 14.8 Å². The topological polar surface area (TPSA) is 47.6 Å². The molecule has 0 aromatic heterocycles. The molecular weight excluding hydrogens is 302 g/mol. The average molecular weight is 327 g/mol. The van der Waals surface area contributed by atoms with Crippen molar-refractivity contribution in [2.75, 3.05) is 7.11 Å². The van der Waals surface area contributed by atoms with Gasteiger partial charge >= 0.3 is 0 Å². The molecular formula is C20H25NO3. The van der Waals surface area contributed by atoms with Crippen LogP contribution in [0.1, 0.15) is 37.9 Å². The van der Waals surface area contributed by atoms with Crippen LogP contribution in [0.25, 0.3) is 0 Å². The van der Waals surface area contributed by atoms with Crippen LogP contribution in [0.3, 0.4) is 0 Å². The van der Waals surface area contributed by atoms with Crippen molar-refractivity contribution in [3.8, 4) is 11.5 Å². The molecule has 1 N–H and O–H groups in total. The second-order valence-electron chi connectivity index (χ2n) is 6.01. The molecule has 1 atom stereocenters. The molecule has 0 heterocycles. The van der Waals surface area contributed by atoms with Crippen molar-refractivity contribution in [3.05, 3.63) is 59.7 Å². The molecule has 0 fully saturated rings. The number of ether oxygens (including phenoxy) is 2. The number of carbonyl (C=O) groups is 1. The minimum absolute atomic E-state index is 0.0329. The smallest absolute Gasteiger partial charge is 0.225 e. The van der Waals surface area contributed by atoms with Gasteiger partial charge in [-0.2, -0.15) is 0 Å². The quantitative estimate of drug-likeness (QED) is 0.839. The molecule has 1 amide bonds. The molecule has 0 saturated carbocycles. The summed E-state index contributed by atoms with van der Waals surface area (Å²) in [4.78, 5) is 12.3. The fourth-order valence-electron chi connectivity index (χ4n) is 2.51. The van der Waals surface area contributed by atoms with Crippen molar-refractivity contribution < 1.29 is 14.3 Å². The van der Waals surface area contributed by atoms with Gasteiger partial charge in [-0.1, -0.05) is 30.3 Å². The highest BCUT2D eigenvalue weighted by Crippen LogP contribution is 2.20. The van der Waals surface area contributed by atoms with Crippen LogP contribution >= 0.6 is 0 Å². The second kappa shape index (κ2) is 8.39. The molecule has 2 rings (SSSR count). The van der Waals surface area contributed by atoms with Gasteiger partial charge in [-0.05, 0) is 44.5 Å². The summed E-state index contributed by atoms with van der Waals surface area (Å²) < 4.78 is 10.9. The van der Waals surface area contributed by atoms with Gasteiger partial charge in [-0.15, -0.1) is 0 Å². The first-order valence-corrected chi connectivity index (χ1v) is 8.17. The summed E-state index contributed by atoms with van der Waals surface area (Å²) in [7, 11) is 1.61. The van der Waals surface area contributed by atoms with E-state index in [0.29, 0.717) is 6.42 Å². The third-order valence-corrected chi connectivity index (χ3v) is 3.67. The van der Waals surface area contributed by atoms with Gasteiger partial charge in [-0.3, -0.25) is 4.79 Å². The molecule has 0 saturated heterocycles. The number of benzene rings is 2. The van der Waals surface area contributed by atoms with Gasteiger partial charge in [0.2, 0.25) is 5.91 Å². The Kier molecular flexibility index (Phi) is 6.24. The maximum atomic E-state index is 12.3. The van der Waals surface area contributed by atoms with Crippen LogP contribution in [0.15, 0.2) is 48.5 Å². The van der Waals surface area contributed by atoms with Crippen molar-refractivity contribution in [2.24, 2.45) is 0 Å². The van der Waals surface area contributed by atoms with E-state index in [1.165, 1.54) is 0 Å². The summed E-state index contributed by atoms with van der Waals surface area (Å²) in [6.45, 7) is 5.96. The zero-order valence-electron chi connectivity index (χ0n) is 14.7. The van der Waals surface area contributed by atoms with E-state index < -0.39 is 0 Å². The molecule has 0 spiro atoms. The lowest BCUT2D eigenvalue weighted by Gasteiger charge is -2.16. The molecule has 1 unspecified atom stereocenters. The highest BCUT2D eigenvalue weighted by molar-refractivity contribution is 5.79. The second-order valence-corrected chi connectivity index (χ2v) is 6.01. The molecule has 128 valence electrons. The summed E-state index contributed by atoms with van der Waals surface area (Å²) in [5.41, 5.74) is 1.92. The molecule has 2 aromatic rings. The van der Waals surface area contributed by atoms with E-state index in [0.717, 1.165) is 22.6 Å². The van der Waals surface area contributed by atoms with Crippen molar-refractivity contribution >= 4 is 5.91 Å². The average Bonchev–Trinajstić information content (AvgIpc) is 2.55. The number of nitrogens with one attached hydrogen (secondary N) is 1. The molecule has 4 heteroatoms. The maximum absolute atomic E-state index is 12.3. The summed E-state index contributed by atoms with van der Waals surface area (Å²) >= 11 is 0. The molecule has 24 heavy (non-hydrogen) atoms. The third-order valence-electron chi connectivity index (χ3n) is 3.67. The Morgan fingerprint density at radius 1 is 1.04 bits per heavy atom. The first-order valence-electron chi connectivity index (χ1n) is 8.17. The van der Waals surface area contributed by atoms with Gasteiger partial charge in [0.25, 0.3) is 0 Å². The minimum atomic E-state index is -0.0692. The minimum Gasteiger partial charge on any atom is -0.496 e. The monoisotopic (exact) mass is 327 g/mol. The lowest BCUT2D eigenvalue weighted by atomic mass is 10.1. The van der Waals surface area contributed by atoms with Gasteiger partial charge in [0.1, 0.15) is 11.5 Å². The van der Waals surface area contributed by atoms with E-state index in [1.54, 1.807) is 7.11 Å². The fraction of sp³-hybridized carbons (Fsp3) is 0.350. The van der Waals surface area contributed by atoms with Crippen LogP contribution in [0.4, 0.5) is 0 Å². The Labute approximate surface area is 143 Å². The van der Waals surface area contributed by atoms with Crippen LogP contribution in [-0.2, 0) is 11.2 Å². The summed E-state index contributed by atoms with van der Waals surface area (Å²) in [5.74, 6) is 1.53. The van der Waals surface area contributed by atoms with E-state index in [1.807, 2.05) is 69.3 Å². The van der Waals surface area contributed by atoms with Gasteiger partial charge in [0, 0.05) is 5.56 Å². The van der Waals surface area contributed by atoms with E-state index >= 15 is 0 Å². The molecule has 4 nitrogen and oxygen atoms in total. The van der Waals surface area contributed by atoms with Crippen molar-refractivity contribution in [1.82, 2.24) is 5.32 Å². The molecule has 0 radical (unpaired) electrons. The van der Waals surface area contributed by atoms with Crippen LogP contribution in [0, 0.1) is 0 Å². The van der Waals surface area contributed by atoms with E-state index in [-0.39, 0.29) is 18.1 Å². The molecule has 0 aliphatic rings. The lowest BCUT2D eigenvalue weighted by Crippen LogP contribution is -2.28. The number of para-hydroxylation sites is 1. The first-order chi connectivity index (χ1) is 11.5. The Morgan fingerprint density at radius 3 is 2.33 bits per heavy atom. The van der Waals surface area contributed by atoms with Gasteiger partial charge in [-0.25, -0.2) is 0 Å². The standard InChI is InChI=1S/C20H25NO3/c1-14(2)24-18-11-9-16(10-12-18)15(3)21-20(22)13-17-7-5-6-8-19(17)23-4/h5-12,14-15H,13H2,1-4H3,(H,21,22). The highest BCUT2D eigenvalue weighted by atomic mass is 16.5. The predicted octanol–water partition coefficient (Wildman–Crippen LogP) is 3.90. The summed E-state index contributed by atoms with van der Waals surface area (Å²) in [5, 5.41) is 3.02. The van der Waals surface area contributed by atoms with Gasteiger partial charge in [0.15, 0.2) is 0 Å². The SMILES string of the molecule is COc1ccccc1CC(=O)NC(C)c1ccc(OC(C)C)cc1. The lowest BCUT2D eigenvalue weighted by molar-refractivity contribution is -0.121. The van der Waals surface area contributed by atoms with Crippen molar-refractivity contribution in [3.63, 3.8) is 0 Å². The maximum Gasteiger partial charge on any atom is 0.225 e. The van der Waals surface area contributed by atoms with E-state index in [9.17, 15) is 4.79 Å². The van der Waals surface area contributed by atoms with Gasteiger partial charge in [0.05, 0.1) is 25.7 Å². The number of methoxy groups -OCH3 is 1. The Hall–Kier alpha value is -2.49.